The molecule has 0 bridgehead atoms. The first-order chi connectivity index (χ1) is 16.3. The minimum Gasteiger partial charge on any atom is -0.481 e. The van der Waals surface area contributed by atoms with E-state index >= 15 is 0 Å². The van der Waals surface area contributed by atoms with Crippen molar-refractivity contribution in [2.24, 2.45) is 23.7 Å². The summed E-state index contributed by atoms with van der Waals surface area (Å²) in [5.41, 5.74) is 0. The molecule has 0 aromatic carbocycles. The number of carboxylic acid groups (broad SMARTS) is 2. The van der Waals surface area contributed by atoms with Gasteiger partial charge in [-0.05, 0) is 25.7 Å². The summed E-state index contributed by atoms with van der Waals surface area (Å²) in [6.07, 6.45) is 11.8. The Morgan fingerprint density at radius 2 is 0.882 bits per heavy atom. The van der Waals surface area contributed by atoms with Crippen LogP contribution in [0, 0.1) is 23.7 Å². The summed E-state index contributed by atoms with van der Waals surface area (Å²) >= 11 is 0. The number of ether oxygens (including phenoxy) is 2. The van der Waals surface area contributed by atoms with E-state index in [0.717, 1.165) is 51.4 Å². The molecule has 1 saturated carbocycles. The van der Waals surface area contributed by atoms with Crippen molar-refractivity contribution in [3.05, 3.63) is 0 Å². The highest BCUT2D eigenvalue weighted by Crippen LogP contribution is 2.40. The molecule has 1 aliphatic rings. The molecule has 34 heavy (non-hydrogen) atoms. The Morgan fingerprint density at radius 3 is 1.21 bits per heavy atom. The lowest BCUT2D eigenvalue weighted by molar-refractivity contribution is -0.172. The molecule has 0 saturated heterocycles. The molecule has 8 nitrogen and oxygen atoms in total. The van der Waals surface area contributed by atoms with Crippen LogP contribution in [-0.2, 0) is 28.7 Å². The maximum absolute atomic E-state index is 12.8. The van der Waals surface area contributed by atoms with Crippen molar-refractivity contribution in [1.82, 2.24) is 0 Å². The molecule has 0 amide bonds. The van der Waals surface area contributed by atoms with Gasteiger partial charge in [0, 0.05) is 0 Å². The number of hydrogen-bond donors (Lipinski definition) is 2. The van der Waals surface area contributed by atoms with Gasteiger partial charge < -0.3 is 19.7 Å². The Balaban J connectivity index is 2.69. The van der Waals surface area contributed by atoms with Crippen LogP contribution in [0.3, 0.4) is 0 Å². The molecule has 4 unspecified atom stereocenters. The third-order valence-electron chi connectivity index (χ3n) is 6.71. The first-order valence-electron chi connectivity index (χ1n) is 13.1. The molecule has 0 aromatic rings. The molecule has 196 valence electrons. The highest BCUT2D eigenvalue weighted by molar-refractivity contribution is 5.86. The van der Waals surface area contributed by atoms with E-state index in [-0.39, 0.29) is 26.1 Å². The van der Waals surface area contributed by atoms with Crippen LogP contribution in [0.4, 0.5) is 0 Å². The van der Waals surface area contributed by atoms with Gasteiger partial charge >= 0.3 is 23.9 Å². The summed E-state index contributed by atoms with van der Waals surface area (Å²) in [6.45, 7) is 4.70. The second-order valence-electron chi connectivity index (χ2n) is 9.44. The first kappa shape index (κ1) is 29.9. The van der Waals surface area contributed by atoms with Crippen LogP contribution in [-0.4, -0.2) is 47.3 Å². The predicted molar refractivity (Wildman–Crippen MR) is 127 cm³/mol. The van der Waals surface area contributed by atoms with E-state index in [4.69, 9.17) is 9.47 Å². The van der Waals surface area contributed by atoms with Crippen LogP contribution in [0.25, 0.3) is 0 Å². The van der Waals surface area contributed by atoms with Crippen LogP contribution in [0.2, 0.25) is 0 Å². The monoisotopic (exact) mass is 484 g/mol. The van der Waals surface area contributed by atoms with E-state index in [1.54, 1.807) is 0 Å². The zero-order valence-corrected chi connectivity index (χ0v) is 21.0. The summed E-state index contributed by atoms with van der Waals surface area (Å²) in [4.78, 5) is 49.0. The van der Waals surface area contributed by atoms with Gasteiger partial charge in [-0.2, -0.15) is 0 Å². The maximum Gasteiger partial charge on any atom is 0.309 e. The lowest BCUT2D eigenvalue weighted by atomic mass is 9.68. The maximum atomic E-state index is 12.8. The minimum atomic E-state index is -1.28. The molecular formula is C26H44O8. The van der Waals surface area contributed by atoms with Gasteiger partial charge in [0.05, 0.1) is 36.9 Å². The fraction of sp³-hybridized carbons (Fsp3) is 0.846. The SMILES string of the molecule is CCCCCCCCOC(=O)C1CC(C(=O)O)C(C(=O)O)CC1C(=O)OCCCCCCCC. The van der Waals surface area contributed by atoms with Crippen molar-refractivity contribution >= 4 is 23.9 Å². The molecule has 8 heteroatoms. The number of carboxylic acids is 2. The zero-order chi connectivity index (χ0) is 25.3. The molecule has 1 fully saturated rings. The fourth-order valence-electron chi connectivity index (χ4n) is 4.60. The van der Waals surface area contributed by atoms with Crippen LogP contribution < -0.4 is 0 Å². The molecule has 0 aromatic heterocycles. The molecule has 4 atom stereocenters. The molecule has 1 rings (SSSR count). The second-order valence-corrected chi connectivity index (χ2v) is 9.44. The lowest BCUT2D eigenvalue weighted by Crippen LogP contribution is -2.46. The predicted octanol–water partition coefficient (Wildman–Crippen LogP) is 5.22. The number of carbonyl (C=O) groups excluding carboxylic acids is 2. The van der Waals surface area contributed by atoms with E-state index in [9.17, 15) is 29.4 Å². The van der Waals surface area contributed by atoms with Crippen molar-refractivity contribution in [3.8, 4) is 0 Å². The summed E-state index contributed by atoms with van der Waals surface area (Å²) < 4.78 is 10.8. The molecule has 2 N–H and O–H groups in total. The van der Waals surface area contributed by atoms with E-state index in [1.807, 2.05) is 0 Å². The van der Waals surface area contributed by atoms with E-state index < -0.39 is 47.5 Å². The largest absolute Gasteiger partial charge is 0.481 e. The molecule has 0 radical (unpaired) electrons. The highest BCUT2D eigenvalue weighted by Gasteiger charge is 2.50. The topological polar surface area (TPSA) is 127 Å². The zero-order valence-electron chi connectivity index (χ0n) is 21.0. The Hall–Kier alpha value is -2.12. The minimum absolute atomic E-state index is 0.209. The molecule has 1 aliphatic carbocycles. The van der Waals surface area contributed by atoms with E-state index in [1.165, 1.54) is 12.8 Å². The van der Waals surface area contributed by atoms with Gasteiger partial charge in [0.15, 0.2) is 0 Å². The number of esters is 2. The molecule has 0 aliphatic heterocycles. The third-order valence-corrected chi connectivity index (χ3v) is 6.71. The van der Waals surface area contributed by atoms with Gasteiger partial charge in [0.1, 0.15) is 0 Å². The van der Waals surface area contributed by atoms with Crippen molar-refractivity contribution < 1.29 is 38.9 Å². The van der Waals surface area contributed by atoms with Gasteiger partial charge in [-0.1, -0.05) is 78.1 Å². The van der Waals surface area contributed by atoms with Gasteiger partial charge in [-0.15, -0.1) is 0 Å². The van der Waals surface area contributed by atoms with Gasteiger partial charge in [0.2, 0.25) is 0 Å². The van der Waals surface area contributed by atoms with Crippen LogP contribution >= 0.6 is 0 Å². The second kappa shape index (κ2) is 17.3. The number of carbonyl (C=O) groups is 4. The Bertz CT molecular complexity index is 578. The number of unbranched alkanes of at least 4 members (excludes halogenated alkanes) is 10. The van der Waals surface area contributed by atoms with Crippen LogP contribution in [0.15, 0.2) is 0 Å². The Labute approximate surface area is 203 Å². The summed E-state index contributed by atoms with van der Waals surface area (Å²) in [5, 5.41) is 19.1. The standard InChI is InChI=1S/C26H44O8/c1-3-5-7-9-11-13-15-33-25(31)21-17-19(23(27)28)20(24(29)30)18-22(21)26(32)34-16-14-12-10-8-6-4-2/h19-22H,3-18H2,1-2H3,(H,27,28)(H,29,30). The van der Waals surface area contributed by atoms with Crippen LogP contribution in [0.5, 0.6) is 0 Å². The van der Waals surface area contributed by atoms with Gasteiger partial charge in [-0.3, -0.25) is 19.2 Å². The highest BCUT2D eigenvalue weighted by atomic mass is 16.5. The average molecular weight is 485 g/mol. The van der Waals surface area contributed by atoms with Gasteiger partial charge in [-0.25, -0.2) is 0 Å². The quantitative estimate of drug-likeness (QED) is 0.200. The number of hydrogen-bond acceptors (Lipinski definition) is 6. The number of rotatable bonds is 18. The molecule has 0 heterocycles. The summed E-state index contributed by atoms with van der Waals surface area (Å²) in [5.74, 6) is -8.32. The van der Waals surface area contributed by atoms with Crippen molar-refractivity contribution in [1.29, 1.82) is 0 Å². The number of aliphatic carboxylic acids is 2. The first-order valence-corrected chi connectivity index (χ1v) is 13.1. The van der Waals surface area contributed by atoms with Crippen LogP contribution in [0.1, 0.15) is 104 Å². The lowest BCUT2D eigenvalue weighted by Gasteiger charge is -2.35. The van der Waals surface area contributed by atoms with E-state index in [0.29, 0.717) is 12.8 Å². The summed E-state index contributed by atoms with van der Waals surface area (Å²) in [6, 6.07) is 0. The normalized spacial score (nSPS) is 22.2. The summed E-state index contributed by atoms with van der Waals surface area (Å²) in [7, 11) is 0. The average Bonchev–Trinajstić information content (AvgIpc) is 2.81. The smallest absolute Gasteiger partial charge is 0.309 e. The van der Waals surface area contributed by atoms with E-state index in [2.05, 4.69) is 13.8 Å². The Kier molecular flexibility index (Phi) is 15.3. The molecular weight excluding hydrogens is 440 g/mol. The van der Waals surface area contributed by atoms with Crippen molar-refractivity contribution in [2.45, 2.75) is 104 Å². The fourth-order valence-corrected chi connectivity index (χ4v) is 4.60. The van der Waals surface area contributed by atoms with Crippen molar-refractivity contribution in [2.75, 3.05) is 13.2 Å². The molecule has 0 spiro atoms. The third kappa shape index (κ3) is 10.9. The Morgan fingerprint density at radius 1 is 0.559 bits per heavy atom. The van der Waals surface area contributed by atoms with Gasteiger partial charge in [0.25, 0.3) is 0 Å². The van der Waals surface area contributed by atoms with Crippen molar-refractivity contribution in [3.63, 3.8) is 0 Å².